The van der Waals surface area contributed by atoms with Gasteiger partial charge in [0, 0.05) is 28.0 Å². The Bertz CT molecular complexity index is 978. The third kappa shape index (κ3) is 6.31. The molecule has 1 amide bonds. The van der Waals surface area contributed by atoms with Crippen LogP contribution < -0.4 is 20.1 Å². The average molecular weight is 431 g/mol. The van der Waals surface area contributed by atoms with Crippen molar-refractivity contribution in [1.82, 2.24) is 0 Å². The summed E-state index contributed by atoms with van der Waals surface area (Å²) in [6.07, 6.45) is 0. The first-order valence-electron chi connectivity index (χ1n) is 8.88. The third-order valence-corrected chi connectivity index (χ3v) is 4.52. The summed E-state index contributed by atoms with van der Waals surface area (Å²) >= 11 is 11.8. The van der Waals surface area contributed by atoms with Gasteiger partial charge in [-0.05, 0) is 60.2 Å². The number of nitrogens with one attached hydrogen (secondary N) is 2. The number of ether oxygens (including phenoxy) is 2. The Kier molecular flexibility index (Phi) is 7.22. The summed E-state index contributed by atoms with van der Waals surface area (Å²) in [4.78, 5) is 12.1. The lowest BCUT2D eigenvalue weighted by Gasteiger charge is -2.13. The molecule has 0 aliphatic rings. The van der Waals surface area contributed by atoms with E-state index in [-0.39, 0.29) is 12.5 Å². The predicted octanol–water partition coefficient (Wildman–Crippen LogP) is 5.63. The normalized spacial score (nSPS) is 10.3. The van der Waals surface area contributed by atoms with E-state index in [9.17, 15) is 4.79 Å². The number of amides is 1. The second kappa shape index (κ2) is 10.0. The molecule has 0 saturated heterocycles. The second-order valence-corrected chi connectivity index (χ2v) is 7.07. The second-order valence-electron chi connectivity index (χ2n) is 6.19. The molecule has 3 rings (SSSR count). The molecular weight excluding hydrogens is 411 g/mol. The van der Waals surface area contributed by atoms with Gasteiger partial charge >= 0.3 is 0 Å². The Hall–Kier alpha value is -2.89. The lowest BCUT2D eigenvalue weighted by Crippen LogP contribution is -2.20. The highest BCUT2D eigenvalue weighted by Gasteiger charge is 2.09. The lowest BCUT2D eigenvalue weighted by atomic mass is 10.2. The summed E-state index contributed by atoms with van der Waals surface area (Å²) in [5.41, 5.74) is 2.58. The monoisotopic (exact) mass is 430 g/mol. The summed E-state index contributed by atoms with van der Waals surface area (Å²) in [6.45, 7) is 0.452. The molecule has 0 aliphatic carbocycles. The highest BCUT2D eigenvalue weighted by Crippen LogP contribution is 2.28. The van der Waals surface area contributed by atoms with Crippen molar-refractivity contribution in [3.63, 3.8) is 0 Å². The standard InChI is InChI=1S/C22H20Cl2N2O3/c1-28-21-11-15(13-25-19-4-2-3-17(24)12-19)5-10-20(21)29-14-22(27)26-18-8-6-16(23)7-9-18/h2-12,25H,13-14H2,1H3,(H,26,27). The van der Waals surface area contributed by atoms with Crippen molar-refractivity contribution in [1.29, 1.82) is 0 Å². The van der Waals surface area contributed by atoms with Crippen LogP contribution in [0.25, 0.3) is 0 Å². The van der Waals surface area contributed by atoms with Crippen molar-refractivity contribution in [2.45, 2.75) is 6.54 Å². The van der Waals surface area contributed by atoms with E-state index in [1.165, 1.54) is 0 Å². The van der Waals surface area contributed by atoms with Crippen LogP contribution in [0.5, 0.6) is 11.5 Å². The number of hydrogen-bond donors (Lipinski definition) is 2. The number of halogens is 2. The van der Waals surface area contributed by atoms with Crippen LogP contribution in [0.4, 0.5) is 11.4 Å². The Balaban J connectivity index is 1.56. The zero-order valence-corrected chi connectivity index (χ0v) is 17.3. The fraction of sp³-hybridized carbons (Fsp3) is 0.136. The van der Waals surface area contributed by atoms with E-state index in [1.54, 1.807) is 37.4 Å². The van der Waals surface area contributed by atoms with Crippen LogP contribution in [0.15, 0.2) is 66.7 Å². The van der Waals surface area contributed by atoms with Crippen molar-refractivity contribution >= 4 is 40.5 Å². The lowest BCUT2D eigenvalue weighted by molar-refractivity contribution is -0.118. The van der Waals surface area contributed by atoms with Gasteiger partial charge in [0.2, 0.25) is 0 Å². The molecule has 0 aromatic heterocycles. The van der Waals surface area contributed by atoms with Crippen LogP contribution in [0, 0.1) is 0 Å². The predicted molar refractivity (Wildman–Crippen MR) is 117 cm³/mol. The van der Waals surface area contributed by atoms with Crippen LogP contribution in [-0.2, 0) is 11.3 Å². The highest BCUT2D eigenvalue weighted by atomic mass is 35.5. The molecule has 0 unspecified atom stereocenters. The van der Waals surface area contributed by atoms with Crippen molar-refractivity contribution < 1.29 is 14.3 Å². The molecule has 0 fully saturated rings. The molecule has 3 aromatic rings. The molecule has 0 atom stereocenters. The van der Waals surface area contributed by atoms with E-state index in [0.29, 0.717) is 33.8 Å². The molecule has 0 spiro atoms. The number of benzene rings is 3. The zero-order chi connectivity index (χ0) is 20.6. The number of carbonyl (C=O) groups is 1. The summed E-state index contributed by atoms with van der Waals surface area (Å²) < 4.78 is 11.0. The maximum atomic E-state index is 12.1. The van der Waals surface area contributed by atoms with E-state index in [4.69, 9.17) is 32.7 Å². The average Bonchev–Trinajstić information content (AvgIpc) is 2.72. The molecule has 7 heteroatoms. The largest absolute Gasteiger partial charge is 0.493 e. The van der Waals surface area contributed by atoms with Gasteiger partial charge in [-0.1, -0.05) is 35.3 Å². The molecule has 150 valence electrons. The maximum absolute atomic E-state index is 12.1. The summed E-state index contributed by atoms with van der Waals surface area (Å²) in [5, 5.41) is 7.33. The molecule has 0 aliphatic heterocycles. The van der Waals surface area contributed by atoms with E-state index in [1.807, 2.05) is 36.4 Å². The Morgan fingerprint density at radius 2 is 1.69 bits per heavy atom. The van der Waals surface area contributed by atoms with E-state index in [2.05, 4.69) is 10.6 Å². The molecule has 3 aromatic carbocycles. The van der Waals surface area contributed by atoms with Crippen molar-refractivity contribution in [2.75, 3.05) is 24.4 Å². The van der Waals surface area contributed by atoms with Gasteiger partial charge < -0.3 is 20.1 Å². The SMILES string of the molecule is COc1cc(CNc2cccc(Cl)c2)ccc1OCC(=O)Nc1ccc(Cl)cc1. The summed E-state index contributed by atoms with van der Waals surface area (Å²) in [6, 6.07) is 19.9. The zero-order valence-electron chi connectivity index (χ0n) is 15.7. The smallest absolute Gasteiger partial charge is 0.262 e. The minimum absolute atomic E-state index is 0.140. The first kappa shape index (κ1) is 20.8. The fourth-order valence-electron chi connectivity index (χ4n) is 2.62. The van der Waals surface area contributed by atoms with Crippen LogP contribution in [0.1, 0.15) is 5.56 Å². The third-order valence-electron chi connectivity index (χ3n) is 4.04. The van der Waals surface area contributed by atoms with E-state index < -0.39 is 0 Å². The van der Waals surface area contributed by atoms with Crippen LogP contribution >= 0.6 is 23.2 Å². The number of anilines is 2. The van der Waals surface area contributed by atoms with Gasteiger partial charge in [-0.15, -0.1) is 0 Å². The Morgan fingerprint density at radius 3 is 2.41 bits per heavy atom. The molecule has 5 nitrogen and oxygen atoms in total. The molecule has 0 bridgehead atoms. The number of hydrogen-bond acceptors (Lipinski definition) is 4. The first-order valence-corrected chi connectivity index (χ1v) is 9.63. The molecule has 29 heavy (non-hydrogen) atoms. The topological polar surface area (TPSA) is 59.6 Å². The maximum Gasteiger partial charge on any atom is 0.262 e. The van der Waals surface area contributed by atoms with Gasteiger partial charge in [-0.25, -0.2) is 0 Å². The van der Waals surface area contributed by atoms with Crippen molar-refractivity contribution in [2.24, 2.45) is 0 Å². The van der Waals surface area contributed by atoms with Gasteiger partial charge in [0.15, 0.2) is 18.1 Å². The van der Waals surface area contributed by atoms with Crippen LogP contribution in [0.3, 0.4) is 0 Å². The van der Waals surface area contributed by atoms with Crippen LogP contribution in [-0.4, -0.2) is 19.6 Å². The van der Waals surface area contributed by atoms with Gasteiger partial charge in [0.05, 0.1) is 7.11 Å². The number of methoxy groups -OCH3 is 1. The van der Waals surface area contributed by atoms with Gasteiger partial charge in [0.25, 0.3) is 5.91 Å². The molecule has 0 saturated carbocycles. The molecule has 0 heterocycles. The molecular formula is C22H20Cl2N2O3. The minimum Gasteiger partial charge on any atom is -0.493 e. The van der Waals surface area contributed by atoms with Crippen molar-refractivity contribution in [3.8, 4) is 11.5 Å². The van der Waals surface area contributed by atoms with Gasteiger partial charge in [0.1, 0.15) is 0 Å². The Morgan fingerprint density at radius 1 is 0.897 bits per heavy atom. The summed E-state index contributed by atoms with van der Waals surface area (Å²) in [7, 11) is 1.56. The molecule has 0 radical (unpaired) electrons. The van der Waals surface area contributed by atoms with Crippen molar-refractivity contribution in [3.05, 3.63) is 82.3 Å². The molecule has 2 N–H and O–H groups in total. The fourth-order valence-corrected chi connectivity index (χ4v) is 2.93. The minimum atomic E-state index is -0.277. The van der Waals surface area contributed by atoms with E-state index >= 15 is 0 Å². The number of carbonyl (C=O) groups excluding carboxylic acids is 1. The quantitative estimate of drug-likeness (QED) is 0.485. The summed E-state index contributed by atoms with van der Waals surface area (Å²) in [5.74, 6) is 0.765. The van der Waals surface area contributed by atoms with Gasteiger partial charge in [-0.3, -0.25) is 4.79 Å². The highest BCUT2D eigenvalue weighted by molar-refractivity contribution is 6.31. The Labute approximate surface area is 179 Å². The first-order chi connectivity index (χ1) is 14.0. The van der Waals surface area contributed by atoms with E-state index in [0.717, 1.165) is 11.3 Å². The van der Waals surface area contributed by atoms with Crippen LogP contribution in [0.2, 0.25) is 10.0 Å². The van der Waals surface area contributed by atoms with Gasteiger partial charge in [-0.2, -0.15) is 0 Å². The number of rotatable bonds is 8.